The maximum atomic E-state index is 12.5. The molecule has 128 valence electrons. The number of ether oxygens (including phenoxy) is 1. The number of amides is 2. The molecule has 2 atom stereocenters. The number of likely N-dealkylation sites (N-methyl/N-ethyl adjacent to an activating group) is 1. The Morgan fingerprint density at radius 3 is 2.32 bits per heavy atom. The van der Waals surface area contributed by atoms with E-state index in [1.807, 2.05) is 4.90 Å². The quantitative estimate of drug-likeness (QED) is 0.835. The number of carbonyl (C=O) groups is 1. The number of piperazine rings is 1. The molecule has 0 spiro atoms. The van der Waals surface area contributed by atoms with E-state index < -0.39 is 0 Å². The van der Waals surface area contributed by atoms with Crippen molar-refractivity contribution in [1.82, 2.24) is 20.0 Å². The molecular formula is C16H32N4O2. The normalized spacial score (nSPS) is 28.1. The van der Waals surface area contributed by atoms with Crippen LogP contribution in [0.1, 0.15) is 26.7 Å². The lowest BCUT2D eigenvalue weighted by Gasteiger charge is -2.45. The Balaban J connectivity index is 1.82. The number of urea groups is 1. The lowest BCUT2D eigenvalue weighted by molar-refractivity contribution is 0.0457. The zero-order valence-electron chi connectivity index (χ0n) is 14.5. The van der Waals surface area contributed by atoms with Crippen LogP contribution in [-0.4, -0.2) is 92.3 Å². The average Bonchev–Trinajstić information content (AvgIpc) is 2.47. The van der Waals surface area contributed by atoms with E-state index in [4.69, 9.17) is 4.74 Å². The molecule has 6 nitrogen and oxygen atoms in total. The van der Waals surface area contributed by atoms with E-state index in [1.165, 1.54) is 0 Å². The van der Waals surface area contributed by atoms with Crippen molar-refractivity contribution in [2.45, 2.75) is 44.8 Å². The third-order valence-electron chi connectivity index (χ3n) is 4.74. The van der Waals surface area contributed by atoms with Crippen LogP contribution in [-0.2, 0) is 4.74 Å². The summed E-state index contributed by atoms with van der Waals surface area (Å²) in [4.78, 5) is 19.2. The monoisotopic (exact) mass is 312 g/mol. The standard InChI is InChI=1S/C16H32N4O2/c1-13-11-19(12-14(2)20(13)8-7-18(3)4)16(21)17-15-5-9-22-10-6-15/h13-15H,5-12H2,1-4H3,(H,17,21). The molecule has 6 heteroatoms. The molecule has 2 amide bonds. The molecule has 0 aromatic heterocycles. The smallest absolute Gasteiger partial charge is 0.317 e. The van der Waals surface area contributed by atoms with E-state index in [1.54, 1.807) is 0 Å². The van der Waals surface area contributed by atoms with Gasteiger partial charge in [0.25, 0.3) is 0 Å². The van der Waals surface area contributed by atoms with Crippen molar-refractivity contribution in [3.63, 3.8) is 0 Å². The van der Waals surface area contributed by atoms with Crippen molar-refractivity contribution < 1.29 is 9.53 Å². The molecule has 1 N–H and O–H groups in total. The van der Waals surface area contributed by atoms with Gasteiger partial charge in [0.2, 0.25) is 0 Å². The molecule has 0 bridgehead atoms. The van der Waals surface area contributed by atoms with Crippen molar-refractivity contribution in [1.29, 1.82) is 0 Å². The highest BCUT2D eigenvalue weighted by Gasteiger charge is 2.32. The molecule has 0 aromatic rings. The van der Waals surface area contributed by atoms with E-state index in [9.17, 15) is 4.79 Å². The summed E-state index contributed by atoms with van der Waals surface area (Å²) in [5.41, 5.74) is 0. The van der Waals surface area contributed by atoms with Crippen LogP contribution in [0.25, 0.3) is 0 Å². The fourth-order valence-corrected chi connectivity index (χ4v) is 3.39. The molecule has 2 saturated heterocycles. The predicted molar refractivity (Wildman–Crippen MR) is 88.1 cm³/mol. The molecule has 22 heavy (non-hydrogen) atoms. The molecule has 2 aliphatic heterocycles. The molecule has 2 heterocycles. The Labute approximate surface area is 134 Å². The number of nitrogens with one attached hydrogen (secondary N) is 1. The second-order valence-electron chi connectivity index (χ2n) is 6.98. The van der Waals surface area contributed by atoms with Crippen LogP contribution < -0.4 is 5.32 Å². The van der Waals surface area contributed by atoms with Crippen molar-refractivity contribution in [3.05, 3.63) is 0 Å². The van der Waals surface area contributed by atoms with Gasteiger partial charge in [0, 0.05) is 57.5 Å². The van der Waals surface area contributed by atoms with E-state index in [0.29, 0.717) is 12.1 Å². The van der Waals surface area contributed by atoms with Gasteiger partial charge in [-0.3, -0.25) is 4.90 Å². The summed E-state index contributed by atoms with van der Waals surface area (Å²) in [6.07, 6.45) is 1.86. The van der Waals surface area contributed by atoms with Crippen molar-refractivity contribution in [3.8, 4) is 0 Å². The summed E-state index contributed by atoms with van der Waals surface area (Å²) in [5, 5.41) is 3.17. The van der Waals surface area contributed by atoms with Gasteiger partial charge in [0.1, 0.15) is 0 Å². The lowest BCUT2D eigenvalue weighted by Crippen LogP contribution is -2.61. The van der Waals surface area contributed by atoms with Gasteiger partial charge in [0.05, 0.1) is 0 Å². The van der Waals surface area contributed by atoms with Crippen LogP contribution in [0, 0.1) is 0 Å². The van der Waals surface area contributed by atoms with E-state index in [0.717, 1.165) is 52.2 Å². The van der Waals surface area contributed by atoms with E-state index in [-0.39, 0.29) is 12.1 Å². The Hall–Kier alpha value is -0.850. The summed E-state index contributed by atoms with van der Waals surface area (Å²) in [7, 11) is 4.21. The van der Waals surface area contributed by atoms with Gasteiger partial charge in [-0.05, 0) is 40.8 Å². The molecule has 0 aromatic carbocycles. The van der Waals surface area contributed by atoms with Gasteiger partial charge in [-0.1, -0.05) is 0 Å². The van der Waals surface area contributed by atoms with Crippen molar-refractivity contribution in [2.75, 3.05) is 53.5 Å². The second kappa shape index (κ2) is 8.13. The minimum atomic E-state index is 0.0952. The average molecular weight is 312 g/mol. The van der Waals surface area contributed by atoms with Crippen LogP contribution in [0.5, 0.6) is 0 Å². The molecule has 0 aliphatic carbocycles. The van der Waals surface area contributed by atoms with Gasteiger partial charge < -0.3 is 19.9 Å². The lowest BCUT2D eigenvalue weighted by atomic mass is 10.1. The SMILES string of the molecule is CC1CN(C(=O)NC2CCOCC2)CC(C)N1CCN(C)C. The molecule has 2 unspecified atom stereocenters. The number of hydrogen-bond acceptors (Lipinski definition) is 4. The first-order valence-electron chi connectivity index (χ1n) is 8.51. The van der Waals surface area contributed by atoms with Crippen molar-refractivity contribution in [2.24, 2.45) is 0 Å². The molecule has 2 rings (SSSR count). The van der Waals surface area contributed by atoms with E-state index in [2.05, 4.69) is 43.1 Å². The number of rotatable bonds is 4. The Morgan fingerprint density at radius 1 is 1.18 bits per heavy atom. The van der Waals surface area contributed by atoms with Crippen LogP contribution in [0.4, 0.5) is 4.79 Å². The zero-order chi connectivity index (χ0) is 16.1. The van der Waals surface area contributed by atoms with Gasteiger partial charge in [-0.15, -0.1) is 0 Å². The summed E-state index contributed by atoms with van der Waals surface area (Å²) in [6.45, 7) is 9.71. The topological polar surface area (TPSA) is 48.1 Å². The predicted octanol–water partition coefficient (Wildman–Crippen LogP) is 0.831. The Bertz CT molecular complexity index is 346. The van der Waals surface area contributed by atoms with E-state index >= 15 is 0 Å². The minimum Gasteiger partial charge on any atom is -0.381 e. The number of nitrogens with zero attached hydrogens (tertiary/aromatic N) is 3. The third kappa shape index (κ3) is 4.83. The third-order valence-corrected chi connectivity index (χ3v) is 4.74. The fourth-order valence-electron chi connectivity index (χ4n) is 3.39. The van der Waals surface area contributed by atoms with Gasteiger partial charge >= 0.3 is 6.03 Å². The Kier molecular flexibility index (Phi) is 6.47. The first-order chi connectivity index (χ1) is 10.5. The fraction of sp³-hybridized carbons (Fsp3) is 0.938. The maximum absolute atomic E-state index is 12.5. The zero-order valence-corrected chi connectivity index (χ0v) is 14.5. The van der Waals surface area contributed by atoms with Crippen LogP contribution in [0.15, 0.2) is 0 Å². The number of hydrogen-bond donors (Lipinski definition) is 1. The van der Waals surface area contributed by atoms with Crippen LogP contribution in [0.2, 0.25) is 0 Å². The van der Waals surface area contributed by atoms with Gasteiger partial charge in [-0.25, -0.2) is 4.79 Å². The van der Waals surface area contributed by atoms with Crippen LogP contribution in [0.3, 0.4) is 0 Å². The summed E-state index contributed by atoms with van der Waals surface area (Å²) < 4.78 is 5.35. The number of carbonyl (C=O) groups excluding carboxylic acids is 1. The minimum absolute atomic E-state index is 0.0952. The Morgan fingerprint density at radius 2 is 1.77 bits per heavy atom. The molecule has 0 radical (unpaired) electrons. The first kappa shape index (κ1) is 17.5. The van der Waals surface area contributed by atoms with Crippen LogP contribution >= 0.6 is 0 Å². The molecule has 2 fully saturated rings. The summed E-state index contributed by atoms with van der Waals surface area (Å²) in [5.74, 6) is 0. The highest BCUT2D eigenvalue weighted by Crippen LogP contribution is 2.16. The molecule has 2 aliphatic rings. The molecular weight excluding hydrogens is 280 g/mol. The second-order valence-corrected chi connectivity index (χ2v) is 6.98. The highest BCUT2D eigenvalue weighted by molar-refractivity contribution is 5.74. The summed E-state index contributed by atoms with van der Waals surface area (Å²) >= 11 is 0. The van der Waals surface area contributed by atoms with Gasteiger partial charge in [-0.2, -0.15) is 0 Å². The maximum Gasteiger partial charge on any atom is 0.317 e. The first-order valence-corrected chi connectivity index (χ1v) is 8.51. The highest BCUT2D eigenvalue weighted by atomic mass is 16.5. The molecule has 0 saturated carbocycles. The van der Waals surface area contributed by atoms with Gasteiger partial charge in [0.15, 0.2) is 0 Å². The van der Waals surface area contributed by atoms with Crippen molar-refractivity contribution >= 4 is 6.03 Å². The largest absolute Gasteiger partial charge is 0.381 e. The summed E-state index contributed by atoms with van der Waals surface area (Å²) in [6, 6.07) is 1.18.